The molecule has 0 saturated heterocycles. The normalized spacial score (nSPS) is 11.2. The second kappa shape index (κ2) is 5.39. The third kappa shape index (κ3) is 3.47. The lowest BCUT2D eigenvalue weighted by Gasteiger charge is -2.19. The minimum absolute atomic E-state index is 0.0663. The number of hydrogen-bond acceptors (Lipinski definition) is 6. The maximum Gasteiger partial charge on any atom is 0.413 e. The molecule has 0 spiro atoms. The highest BCUT2D eigenvalue weighted by molar-refractivity contribution is 5.91. The summed E-state index contributed by atoms with van der Waals surface area (Å²) in [4.78, 5) is 27.5. The highest BCUT2D eigenvalue weighted by Gasteiger charge is 2.19. The highest BCUT2D eigenvalue weighted by Crippen LogP contribution is 2.15. The fourth-order valence-corrected chi connectivity index (χ4v) is 1.62. The van der Waals surface area contributed by atoms with Gasteiger partial charge in [-0.2, -0.15) is 9.61 Å². The van der Waals surface area contributed by atoms with Crippen molar-refractivity contribution in [1.29, 1.82) is 0 Å². The van der Waals surface area contributed by atoms with Crippen LogP contribution in [-0.4, -0.2) is 39.4 Å². The molecule has 2 aromatic rings. The predicted octanol–water partition coefficient (Wildman–Crippen LogP) is 1.86. The van der Waals surface area contributed by atoms with Gasteiger partial charge in [0.2, 0.25) is 0 Å². The zero-order valence-corrected chi connectivity index (χ0v) is 12.2. The van der Waals surface area contributed by atoms with Crippen molar-refractivity contribution in [2.24, 2.45) is 0 Å². The van der Waals surface area contributed by atoms with Crippen LogP contribution in [0.5, 0.6) is 0 Å². The maximum atomic E-state index is 11.8. The number of carbonyl (C=O) groups excluding carboxylic acids is 2. The average Bonchev–Trinajstić information content (AvgIpc) is 2.83. The molecule has 0 aliphatic heterocycles. The molecular weight excluding hydrogens is 276 g/mol. The molecule has 1 N–H and O–H groups in total. The van der Waals surface area contributed by atoms with E-state index in [9.17, 15) is 9.59 Å². The zero-order valence-electron chi connectivity index (χ0n) is 12.2. The number of aromatic nitrogens is 3. The summed E-state index contributed by atoms with van der Waals surface area (Å²) in [6.07, 6.45) is 0.852. The molecule has 0 saturated carbocycles. The van der Waals surface area contributed by atoms with Gasteiger partial charge in [-0.05, 0) is 20.8 Å². The summed E-state index contributed by atoms with van der Waals surface area (Å²) in [6, 6.07) is 2.97. The number of rotatable bonds is 2. The largest absolute Gasteiger partial charge is 0.464 e. The van der Waals surface area contributed by atoms with E-state index in [0.29, 0.717) is 5.65 Å². The number of methoxy groups -OCH3 is 1. The molecule has 0 fully saturated rings. The van der Waals surface area contributed by atoms with Gasteiger partial charge in [0, 0.05) is 12.1 Å². The Labute approximate surface area is 121 Å². The number of ether oxygens (including phenoxy) is 2. The SMILES string of the molecule is COC(=O)c1cc(NC(=O)OC(C)(C)C)n2nccc2n1. The average molecular weight is 292 g/mol. The van der Waals surface area contributed by atoms with Crippen molar-refractivity contribution in [2.75, 3.05) is 12.4 Å². The highest BCUT2D eigenvalue weighted by atomic mass is 16.6. The second-order valence-electron chi connectivity index (χ2n) is 5.25. The Balaban J connectivity index is 2.35. The third-order valence-corrected chi connectivity index (χ3v) is 2.38. The van der Waals surface area contributed by atoms with Crippen molar-refractivity contribution in [3.63, 3.8) is 0 Å². The van der Waals surface area contributed by atoms with Crippen LogP contribution in [0.2, 0.25) is 0 Å². The van der Waals surface area contributed by atoms with E-state index in [1.165, 1.54) is 23.9 Å². The van der Waals surface area contributed by atoms with Crippen LogP contribution >= 0.6 is 0 Å². The number of nitrogens with zero attached hydrogens (tertiary/aromatic N) is 3. The first kappa shape index (κ1) is 14.8. The Morgan fingerprint density at radius 2 is 2.05 bits per heavy atom. The molecule has 2 aromatic heterocycles. The van der Waals surface area contributed by atoms with Gasteiger partial charge in [0.15, 0.2) is 11.3 Å². The van der Waals surface area contributed by atoms with Crippen LogP contribution < -0.4 is 5.32 Å². The summed E-state index contributed by atoms with van der Waals surface area (Å²) in [7, 11) is 1.26. The van der Waals surface area contributed by atoms with Crippen LogP contribution in [0.3, 0.4) is 0 Å². The Hall–Kier alpha value is -2.64. The van der Waals surface area contributed by atoms with Gasteiger partial charge in [0.05, 0.1) is 13.3 Å². The summed E-state index contributed by atoms with van der Waals surface area (Å²) in [5.74, 6) is -0.342. The maximum absolute atomic E-state index is 11.8. The summed E-state index contributed by atoms with van der Waals surface area (Å²) < 4.78 is 11.2. The summed E-state index contributed by atoms with van der Waals surface area (Å²) in [5.41, 5.74) is -0.161. The molecule has 0 aliphatic carbocycles. The van der Waals surface area contributed by atoms with Gasteiger partial charge < -0.3 is 9.47 Å². The Morgan fingerprint density at radius 3 is 2.67 bits per heavy atom. The van der Waals surface area contributed by atoms with Crippen molar-refractivity contribution >= 4 is 23.5 Å². The van der Waals surface area contributed by atoms with Crippen molar-refractivity contribution in [1.82, 2.24) is 14.6 Å². The Kier molecular flexibility index (Phi) is 3.79. The van der Waals surface area contributed by atoms with E-state index in [-0.39, 0.29) is 11.5 Å². The standard InChI is InChI=1S/C13H16N4O4/c1-13(2,3)21-12(19)16-10-7-8(11(18)20-4)15-9-5-6-14-17(9)10/h5-7H,1-4H3,(H,16,19). The van der Waals surface area contributed by atoms with Crippen molar-refractivity contribution in [3.05, 3.63) is 24.0 Å². The lowest BCUT2D eigenvalue weighted by Crippen LogP contribution is -2.28. The number of carbonyl (C=O) groups is 2. The van der Waals surface area contributed by atoms with Gasteiger partial charge >= 0.3 is 12.1 Å². The van der Waals surface area contributed by atoms with Crippen LogP contribution in [-0.2, 0) is 9.47 Å². The molecule has 21 heavy (non-hydrogen) atoms. The molecule has 0 bridgehead atoms. The number of fused-ring (bicyclic) bond motifs is 1. The summed E-state index contributed by atoms with van der Waals surface area (Å²) >= 11 is 0. The Morgan fingerprint density at radius 1 is 1.33 bits per heavy atom. The number of hydrogen-bond donors (Lipinski definition) is 1. The van der Waals surface area contributed by atoms with Crippen molar-refractivity contribution in [2.45, 2.75) is 26.4 Å². The monoisotopic (exact) mass is 292 g/mol. The van der Waals surface area contributed by atoms with Crippen molar-refractivity contribution in [3.8, 4) is 0 Å². The van der Waals surface area contributed by atoms with Crippen LogP contribution in [0.4, 0.5) is 10.6 Å². The molecule has 0 atom stereocenters. The molecule has 0 aromatic carbocycles. The number of anilines is 1. The van der Waals surface area contributed by atoms with Gasteiger partial charge in [-0.1, -0.05) is 0 Å². The molecule has 8 nitrogen and oxygen atoms in total. The molecule has 0 aliphatic rings. The minimum atomic E-state index is -0.652. The van der Waals surface area contributed by atoms with E-state index >= 15 is 0 Å². The first-order chi connectivity index (χ1) is 9.80. The van der Waals surface area contributed by atoms with E-state index in [1.54, 1.807) is 26.8 Å². The van der Waals surface area contributed by atoms with E-state index in [0.717, 1.165) is 0 Å². The Bertz CT molecular complexity index is 687. The van der Waals surface area contributed by atoms with Gasteiger partial charge in [-0.25, -0.2) is 14.6 Å². The fraction of sp³-hybridized carbons (Fsp3) is 0.385. The van der Waals surface area contributed by atoms with Crippen molar-refractivity contribution < 1.29 is 19.1 Å². The smallest absolute Gasteiger partial charge is 0.413 e. The lowest BCUT2D eigenvalue weighted by atomic mass is 10.2. The quantitative estimate of drug-likeness (QED) is 0.849. The topological polar surface area (TPSA) is 94.8 Å². The van der Waals surface area contributed by atoms with E-state index in [2.05, 4.69) is 20.1 Å². The van der Waals surface area contributed by atoms with Gasteiger partial charge in [0.25, 0.3) is 0 Å². The fourth-order valence-electron chi connectivity index (χ4n) is 1.62. The molecule has 112 valence electrons. The van der Waals surface area contributed by atoms with Crippen LogP contribution in [0, 0.1) is 0 Å². The van der Waals surface area contributed by atoms with Gasteiger partial charge in [-0.3, -0.25) is 5.32 Å². The second-order valence-corrected chi connectivity index (χ2v) is 5.25. The summed E-state index contributed by atoms with van der Waals surface area (Å²) in [6.45, 7) is 5.26. The number of amides is 1. The first-order valence-electron chi connectivity index (χ1n) is 6.23. The molecular formula is C13H16N4O4. The third-order valence-electron chi connectivity index (χ3n) is 2.38. The van der Waals surface area contributed by atoms with Gasteiger partial charge in [-0.15, -0.1) is 0 Å². The molecule has 2 rings (SSSR count). The lowest BCUT2D eigenvalue weighted by molar-refractivity contribution is 0.0590. The van der Waals surface area contributed by atoms with Gasteiger partial charge in [0.1, 0.15) is 11.4 Å². The predicted molar refractivity (Wildman–Crippen MR) is 74.2 cm³/mol. The van der Waals surface area contributed by atoms with E-state index in [4.69, 9.17) is 4.74 Å². The molecule has 0 radical (unpaired) electrons. The zero-order chi connectivity index (χ0) is 15.6. The minimum Gasteiger partial charge on any atom is -0.464 e. The molecule has 2 heterocycles. The molecule has 1 amide bonds. The summed E-state index contributed by atoms with van der Waals surface area (Å²) in [5, 5.41) is 6.56. The van der Waals surface area contributed by atoms with Crippen LogP contribution in [0.25, 0.3) is 5.65 Å². The first-order valence-corrected chi connectivity index (χ1v) is 6.23. The van der Waals surface area contributed by atoms with E-state index < -0.39 is 17.7 Å². The number of nitrogens with one attached hydrogen (secondary N) is 1. The number of esters is 1. The molecule has 0 unspecified atom stereocenters. The van der Waals surface area contributed by atoms with E-state index in [1.807, 2.05) is 0 Å². The van der Waals surface area contributed by atoms with Crippen LogP contribution in [0.1, 0.15) is 31.3 Å². The molecule has 8 heteroatoms. The van der Waals surface area contributed by atoms with Crippen LogP contribution in [0.15, 0.2) is 18.3 Å².